The van der Waals surface area contributed by atoms with Crippen molar-refractivity contribution in [3.05, 3.63) is 0 Å². The molecule has 0 atom stereocenters. The third-order valence-electron chi connectivity index (χ3n) is 4.82. The van der Waals surface area contributed by atoms with Gasteiger partial charge in [-0.05, 0) is 78.2 Å². The SMILES string of the molecule is CC(C)OCCN1CCC2(CCN(C)CC2)CC1. The molecule has 0 bridgehead atoms. The van der Waals surface area contributed by atoms with Crippen molar-refractivity contribution >= 4 is 0 Å². The molecule has 0 radical (unpaired) electrons. The van der Waals surface area contributed by atoms with E-state index in [2.05, 4.69) is 30.7 Å². The zero-order chi connectivity index (χ0) is 13.0. The Morgan fingerprint density at radius 3 is 2.11 bits per heavy atom. The van der Waals surface area contributed by atoms with E-state index in [0.717, 1.165) is 13.2 Å². The van der Waals surface area contributed by atoms with E-state index < -0.39 is 0 Å². The zero-order valence-electron chi connectivity index (χ0n) is 12.5. The van der Waals surface area contributed by atoms with E-state index in [1.54, 1.807) is 0 Å². The maximum absolute atomic E-state index is 5.65. The van der Waals surface area contributed by atoms with Crippen LogP contribution in [0.4, 0.5) is 0 Å². The lowest BCUT2D eigenvalue weighted by Gasteiger charge is -2.46. The van der Waals surface area contributed by atoms with Crippen molar-refractivity contribution in [3.63, 3.8) is 0 Å². The van der Waals surface area contributed by atoms with Gasteiger partial charge in [0.15, 0.2) is 0 Å². The molecule has 0 unspecified atom stereocenters. The molecule has 0 aromatic rings. The van der Waals surface area contributed by atoms with Crippen LogP contribution < -0.4 is 0 Å². The molecule has 1 spiro atoms. The minimum atomic E-state index is 0.370. The average Bonchev–Trinajstić information content (AvgIpc) is 2.35. The van der Waals surface area contributed by atoms with Gasteiger partial charge in [0.2, 0.25) is 0 Å². The predicted octanol–water partition coefficient (Wildman–Crippen LogP) is 2.22. The Morgan fingerprint density at radius 1 is 1.00 bits per heavy atom. The van der Waals surface area contributed by atoms with Gasteiger partial charge in [0, 0.05) is 6.54 Å². The van der Waals surface area contributed by atoms with Gasteiger partial charge in [-0.1, -0.05) is 0 Å². The summed E-state index contributed by atoms with van der Waals surface area (Å²) in [5.41, 5.74) is 0.682. The lowest BCUT2D eigenvalue weighted by molar-refractivity contribution is 0.0170. The molecular formula is C15H30N2O. The molecule has 2 fully saturated rings. The highest BCUT2D eigenvalue weighted by atomic mass is 16.5. The Morgan fingerprint density at radius 2 is 1.56 bits per heavy atom. The van der Waals surface area contributed by atoms with Crippen LogP contribution in [0, 0.1) is 5.41 Å². The summed E-state index contributed by atoms with van der Waals surface area (Å²) >= 11 is 0. The number of hydrogen-bond donors (Lipinski definition) is 0. The topological polar surface area (TPSA) is 15.7 Å². The minimum absolute atomic E-state index is 0.370. The summed E-state index contributed by atoms with van der Waals surface area (Å²) in [5.74, 6) is 0. The van der Waals surface area contributed by atoms with E-state index in [1.165, 1.54) is 51.9 Å². The lowest BCUT2D eigenvalue weighted by Crippen LogP contribution is -2.46. The monoisotopic (exact) mass is 254 g/mol. The maximum atomic E-state index is 5.65. The average molecular weight is 254 g/mol. The number of rotatable bonds is 4. The third kappa shape index (κ3) is 3.94. The van der Waals surface area contributed by atoms with Crippen LogP contribution in [-0.4, -0.2) is 62.3 Å². The van der Waals surface area contributed by atoms with Crippen molar-refractivity contribution in [1.29, 1.82) is 0 Å². The van der Waals surface area contributed by atoms with E-state index in [4.69, 9.17) is 4.74 Å². The first-order valence-corrected chi connectivity index (χ1v) is 7.62. The van der Waals surface area contributed by atoms with E-state index in [0.29, 0.717) is 11.5 Å². The Kier molecular flexibility index (Phi) is 5.05. The summed E-state index contributed by atoms with van der Waals surface area (Å²) < 4.78 is 5.65. The van der Waals surface area contributed by atoms with Crippen molar-refractivity contribution in [3.8, 4) is 0 Å². The molecule has 0 aromatic carbocycles. The number of nitrogens with zero attached hydrogens (tertiary/aromatic N) is 2. The van der Waals surface area contributed by atoms with Crippen molar-refractivity contribution in [2.24, 2.45) is 5.41 Å². The Bertz CT molecular complexity index is 237. The van der Waals surface area contributed by atoms with Crippen LogP contribution in [0.15, 0.2) is 0 Å². The zero-order valence-corrected chi connectivity index (χ0v) is 12.5. The molecule has 3 heteroatoms. The summed E-state index contributed by atoms with van der Waals surface area (Å²) in [4.78, 5) is 5.07. The second kappa shape index (κ2) is 6.36. The van der Waals surface area contributed by atoms with Gasteiger partial charge in [-0.25, -0.2) is 0 Å². The molecule has 18 heavy (non-hydrogen) atoms. The first-order valence-electron chi connectivity index (χ1n) is 7.62. The van der Waals surface area contributed by atoms with Crippen molar-refractivity contribution < 1.29 is 4.74 Å². The van der Waals surface area contributed by atoms with Gasteiger partial charge in [-0.15, -0.1) is 0 Å². The van der Waals surface area contributed by atoms with Crippen molar-refractivity contribution in [2.75, 3.05) is 46.4 Å². The summed E-state index contributed by atoms with van der Waals surface area (Å²) in [7, 11) is 2.26. The molecule has 0 saturated carbocycles. The van der Waals surface area contributed by atoms with Crippen LogP contribution in [0.1, 0.15) is 39.5 Å². The molecule has 3 nitrogen and oxygen atoms in total. The maximum Gasteiger partial charge on any atom is 0.0596 e. The van der Waals surface area contributed by atoms with Crippen LogP contribution in [0.5, 0.6) is 0 Å². The second-order valence-electron chi connectivity index (χ2n) is 6.56. The largest absolute Gasteiger partial charge is 0.377 e. The van der Waals surface area contributed by atoms with Crippen LogP contribution in [0.3, 0.4) is 0 Å². The summed E-state index contributed by atoms with van der Waals surface area (Å²) in [6.07, 6.45) is 6.01. The number of ether oxygens (including phenoxy) is 1. The van der Waals surface area contributed by atoms with Gasteiger partial charge in [-0.3, -0.25) is 0 Å². The van der Waals surface area contributed by atoms with Gasteiger partial charge in [0.25, 0.3) is 0 Å². The molecule has 0 aromatic heterocycles. The predicted molar refractivity (Wildman–Crippen MR) is 75.9 cm³/mol. The normalized spacial score (nSPS) is 26.0. The fraction of sp³-hybridized carbons (Fsp3) is 1.00. The smallest absolute Gasteiger partial charge is 0.0596 e. The second-order valence-corrected chi connectivity index (χ2v) is 6.56. The lowest BCUT2D eigenvalue weighted by atomic mass is 9.71. The Hall–Kier alpha value is -0.120. The molecule has 0 aliphatic carbocycles. The van der Waals surface area contributed by atoms with Gasteiger partial charge in [-0.2, -0.15) is 0 Å². The Labute approximate surface area is 112 Å². The highest BCUT2D eigenvalue weighted by Gasteiger charge is 2.36. The summed E-state index contributed by atoms with van der Waals surface area (Å²) in [6.45, 7) is 11.4. The molecule has 2 aliphatic rings. The first-order chi connectivity index (χ1) is 8.60. The minimum Gasteiger partial charge on any atom is -0.377 e. The fourth-order valence-electron chi connectivity index (χ4n) is 3.26. The highest BCUT2D eigenvalue weighted by molar-refractivity contribution is 4.89. The molecular weight excluding hydrogens is 224 g/mol. The summed E-state index contributed by atoms with van der Waals surface area (Å²) in [5, 5.41) is 0. The van der Waals surface area contributed by atoms with Crippen LogP contribution in [-0.2, 0) is 4.74 Å². The summed E-state index contributed by atoms with van der Waals surface area (Å²) in [6, 6.07) is 0. The molecule has 106 valence electrons. The van der Waals surface area contributed by atoms with Crippen LogP contribution >= 0.6 is 0 Å². The van der Waals surface area contributed by atoms with Crippen LogP contribution in [0.25, 0.3) is 0 Å². The van der Waals surface area contributed by atoms with Gasteiger partial charge in [0.1, 0.15) is 0 Å². The number of piperidine rings is 2. The quantitative estimate of drug-likeness (QED) is 0.765. The molecule has 2 aliphatic heterocycles. The van der Waals surface area contributed by atoms with E-state index >= 15 is 0 Å². The third-order valence-corrected chi connectivity index (χ3v) is 4.82. The van der Waals surface area contributed by atoms with Crippen molar-refractivity contribution in [1.82, 2.24) is 9.80 Å². The molecule has 2 heterocycles. The number of hydrogen-bond acceptors (Lipinski definition) is 3. The van der Waals surface area contributed by atoms with Gasteiger partial charge >= 0.3 is 0 Å². The van der Waals surface area contributed by atoms with E-state index in [-0.39, 0.29) is 0 Å². The fourth-order valence-corrected chi connectivity index (χ4v) is 3.26. The van der Waals surface area contributed by atoms with Gasteiger partial charge < -0.3 is 14.5 Å². The van der Waals surface area contributed by atoms with Crippen LogP contribution in [0.2, 0.25) is 0 Å². The molecule has 2 saturated heterocycles. The molecule has 0 N–H and O–H groups in total. The standard InChI is InChI=1S/C15H30N2O/c1-14(2)18-13-12-17-10-6-15(7-11-17)4-8-16(3)9-5-15/h14H,4-13H2,1-3H3. The highest BCUT2D eigenvalue weighted by Crippen LogP contribution is 2.40. The Balaban J connectivity index is 1.68. The van der Waals surface area contributed by atoms with Crippen molar-refractivity contribution in [2.45, 2.75) is 45.6 Å². The molecule has 2 rings (SSSR count). The first kappa shape index (κ1) is 14.3. The van der Waals surface area contributed by atoms with E-state index in [9.17, 15) is 0 Å². The number of likely N-dealkylation sites (tertiary alicyclic amines) is 2. The van der Waals surface area contributed by atoms with Gasteiger partial charge in [0.05, 0.1) is 12.7 Å². The molecule has 0 amide bonds. The van der Waals surface area contributed by atoms with E-state index in [1.807, 2.05) is 0 Å².